The molecule has 0 saturated carbocycles. The first-order chi connectivity index (χ1) is 11.1. The molecular weight excluding hydrogens is 342 g/mol. The van der Waals surface area contributed by atoms with Crippen molar-refractivity contribution < 1.29 is 28.6 Å². The van der Waals surface area contributed by atoms with Gasteiger partial charge in [-0.1, -0.05) is 20.8 Å². The summed E-state index contributed by atoms with van der Waals surface area (Å²) in [7, 11) is -0.934. The van der Waals surface area contributed by atoms with Gasteiger partial charge in [-0.25, -0.2) is 9.59 Å². The maximum atomic E-state index is 12.5. The number of carbonyl (C=O) groups is 2. The Bertz CT molecular complexity index is 508. The zero-order chi connectivity index (χ0) is 19.8. The molecular formula is C17H33NO6Si. The maximum Gasteiger partial charge on any atom is 0.413 e. The first kappa shape index (κ1) is 21.9. The number of rotatable bonds is 3. The summed E-state index contributed by atoms with van der Waals surface area (Å²) >= 11 is 0. The van der Waals surface area contributed by atoms with E-state index in [0.717, 1.165) is 4.90 Å². The van der Waals surface area contributed by atoms with Gasteiger partial charge in [0.15, 0.2) is 14.5 Å². The van der Waals surface area contributed by atoms with Crippen LogP contribution >= 0.6 is 0 Å². The van der Waals surface area contributed by atoms with E-state index in [1.807, 2.05) is 0 Å². The molecule has 146 valence electrons. The number of aliphatic hydroxyl groups excluding tert-OH is 1. The van der Waals surface area contributed by atoms with Crippen molar-refractivity contribution in [2.45, 2.75) is 90.1 Å². The molecule has 8 heteroatoms. The Labute approximate surface area is 151 Å². The summed E-state index contributed by atoms with van der Waals surface area (Å²) in [5.41, 5.74) is -0.740. The lowest BCUT2D eigenvalue weighted by molar-refractivity contribution is -0.148. The molecule has 0 aromatic rings. The van der Waals surface area contributed by atoms with Crippen LogP contribution in [0.1, 0.15) is 48.0 Å². The Kier molecular flexibility index (Phi) is 6.35. The van der Waals surface area contributed by atoms with Crippen LogP contribution in [0.5, 0.6) is 0 Å². The third kappa shape index (κ3) is 5.18. The molecule has 1 aliphatic heterocycles. The van der Waals surface area contributed by atoms with Gasteiger partial charge in [-0.05, 0) is 38.9 Å². The van der Waals surface area contributed by atoms with Gasteiger partial charge in [-0.2, -0.15) is 0 Å². The molecule has 0 aliphatic carbocycles. The quantitative estimate of drug-likeness (QED) is 0.603. The number of hydrogen-bond donors (Lipinski definition) is 1. The Morgan fingerprint density at radius 1 is 1.12 bits per heavy atom. The molecule has 0 aromatic heterocycles. The SMILES string of the molecule is COC(=O)[C@@H]1C[C@H](O[Si](C)(C)C(C)(C)C)C(O)N1C(=O)OC(C)(C)C. The molecule has 3 atom stereocenters. The first-order valence-electron chi connectivity index (χ1n) is 8.56. The molecule has 1 saturated heterocycles. The Morgan fingerprint density at radius 2 is 1.64 bits per heavy atom. The molecule has 1 unspecified atom stereocenters. The summed E-state index contributed by atoms with van der Waals surface area (Å²) in [6.45, 7) is 15.6. The fraction of sp³-hybridized carbons (Fsp3) is 0.882. The van der Waals surface area contributed by atoms with Crippen LogP contribution in [0.3, 0.4) is 0 Å². The van der Waals surface area contributed by atoms with E-state index in [2.05, 4.69) is 33.9 Å². The lowest BCUT2D eigenvalue weighted by Gasteiger charge is -2.39. The molecule has 0 radical (unpaired) electrons. The average Bonchev–Trinajstić information content (AvgIpc) is 2.71. The molecule has 1 N–H and O–H groups in total. The second-order valence-electron chi connectivity index (χ2n) is 8.99. The summed E-state index contributed by atoms with van der Waals surface area (Å²) in [5.74, 6) is -0.591. The van der Waals surface area contributed by atoms with E-state index in [-0.39, 0.29) is 11.5 Å². The van der Waals surface area contributed by atoms with Gasteiger partial charge in [0, 0.05) is 6.42 Å². The highest BCUT2D eigenvalue weighted by Gasteiger charge is 2.52. The Balaban J connectivity index is 3.07. The molecule has 1 fully saturated rings. The molecule has 0 spiro atoms. The maximum absolute atomic E-state index is 12.5. The van der Waals surface area contributed by atoms with E-state index < -0.39 is 44.4 Å². The summed E-state index contributed by atoms with van der Waals surface area (Å²) in [5, 5.41) is 10.6. The van der Waals surface area contributed by atoms with Crippen LogP contribution in [-0.4, -0.2) is 61.5 Å². The van der Waals surface area contributed by atoms with Gasteiger partial charge >= 0.3 is 12.1 Å². The lowest BCUT2D eigenvalue weighted by atomic mass is 10.2. The average molecular weight is 376 g/mol. The van der Waals surface area contributed by atoms with Gasteiger partial charge in [-0.15, -0.1) is 0 Å². The first-order valence-corrected chi connectivity index (χ1v) is 11.5. The number of hydrogen-bond acceptors (Lipinski definition) is 6. The predicted molar refractivity (Wildman–Crippen MR) is 96.6 cm³/mol. The van der Waals surface area contributed by atoms with Crippen LogP contribution < -0.4 is 0 Å². The molecule has 7 nitrogen and oxygen atoms in total. The largest absolute Gasteiger partial charge is 0.467 e. The predicted octanol–water partition coefficient (Wildman–Crippen LogP) is 2.88. The van der Waals surface area contributed by atoms with Gasteiger partial charge in [-0.3, -0.25) is 4.90 Å². The fourth-order valence-electron chi connectivity index (χ4n) is 2.38. The molecule has 0 aromatic carbocycles. The standard InChI is InChI=1S/C17H33NO6Si/c1-16(2,3)23-15(21)18-11(14(20)22-7)10-12(13(18)19)24-25(8,9)17(4,5)6/h11-13,19H,10H2,1-9H3/t11-,12-,13?/m0/s1. The van der Waals surface area contributed by atoms with Crippen LogP contribution in [0.2, 0.25) is 18.1 Å². The second kappa shape index (κ2) is 7.24. The summed E-state index contributed by atoms with van der Waals surface area (Å²) < 4.78 is 16.4. The Morgan fingerprint density at radius 3 is 2.04 bits per heavy atom. The van der Waals surface area contributed by atoms with Crippen molar-refractivity contribution in [1.29, 1.82) is 0 Å². The van der Waals surface area contributed by atoms with Crippen LogP contribution in [0.25, 0.3) is 0 Å². The monoisotopic (exact) mass is 375 g/mol. The van der Waals surface area contributed by atoms with Crippen LogP contribution in [0, 0.1) is 0 Å². The minimum atomic E-state index is -2.19. The minimum Gasteiger partial charge on any atom is -0.467 e. The number of nitrogens with zero attached hydrogens (tertiary/aromatic N) is 1. The molecule has 0 bridgehead atoms. The van der Waals surface area contributed by atoms with E-state index in [1.165, 1.54) is 7.11 Å². The number of esters is 1. The number of carbonyl (C=O) groups excluding carboxylic acids is 2. The van der Waals surface area contributed by atoms with E-state index >= 15 is 0 Å². The third-order valence-electron chi connectivity index (χ3n) is 4.74. The van der Waals surface area contributed by atoms with E-state index in [9.17, 15) is 14.7 Å². The second-order valence-corrected chi connectivity index (χ2v) is 13.7. The number of likely N-dealkylation sites (tertiary alicyclic amines) is 1. The highest BCUT2D eigenvalue weighted by molar-refractivity contribution is 6.74. The van der Waals surface area contributed by atoms with Crippen molar-refractivity contribution in [3.05, 3.63) is 0 Å². The lowest BCUT2D eigenvalue weighted by Crippen LogP contribution is -2.50. The smallest absolute Gasteiger partial charge is 0.413 e. The normalized spacial score (nSPS) is 25.0. The highest BCUT2D eigenvalue weighted by atomic mass is 28.4. The van der Waals surface area contributed by atoms with E-state index in [0.29, 0.717) is 0 Å². The molecule has 25 heavy (non-hydrogen) atoms. The van der Waals surface area contributed by atoms with Gasteiger partial charge in [0.05, 0.1) is 13.2 Å². The van der Waals surface area contributed by atoms with Gasteiger partial charge < -0.3 is 19.0 Å². The van der Waals surface area contributed by atoms with Crippen molar-refractivity contribution >= 4 is 20.4 Å². The third-order valence-corrected chi connectivity index (χ3v) is 9.24. The highest BCUT2D eigenvalue weighted by Crippen LogP contribution is 2.40. The van der Waals surface area contributed by atoms with Crippen molar-refractivity contribution in [2.75, 3.05) is 7.11 Å². The molecule has 1 heterocycles. The number of aliphatic hydroxyl groups is 1. The molecule has 1 amide bonds. The van der Waals surface area contributed by atoms with E-state index in [1.54, 1.807) is 20.8 Å². The van der Waals surface area contributed by atoms with Gasteiger partial charge in [0.1, 0.15) is 11.6 Å². The van der Waals surface area contributed by atoms with Gasteiger partial charge in [0.25, 0.3) is 0 Å². The Hall–Kier alpha value is -1.12. The molecule has 1 aliphatic rings. The van der Waals surface area contributed by atoms with Gasteiger partial charge in [0.2, 0.25) is 0 Å². The number of methoxy groups -OCH3 is 1. The van der Waals surface area contributed by atoms with Crippen LogP contribution in [0.15, 0.2) is 0 Å². The number of ether oxygens (including phenoxy) is 2. The molecule has 1 rings (SSSR count). The topological polar surface area (TPSA) is 85.3 Å². The summed E-state index contributed by atoms with van der Waals surface area (Å²) in [6.07, 6.45) is -2.48. The number of amides is 1. The van der Waals surface area contributed by atoms with Crippen molar-refractivity contribution in [3.8, 4) is 0 Å². The fourth-order valence-corrected chi connectivity index (χ4v) is 3.71. The zero-order valence-corrected chi connectivity index (χ0v) is 17.9. The van der Waals surface area contributed by atoms with Crippen LogP contribution in [-0.2, 0) is 18.7 Å². The zero-order valence-electron chi connectivity index (χ0n) is 16.9. The van der Waals surface area contributed by atoms with Crippen molar-refractivity contribution in [2.24, 2.45) is 0 Å². The summed E-state index contributed by atoms with van der Waals surface area (Å²) in [6, 6.07) is -0.926. The van der Waals surface area contributed by atoms with Crippen molar-refractivity contribution in [3.63, 3.8) is 0 Å². The van der Waals surface area contributed by atoms with Crippen LogP contribution in [0.4, 0.5) is 4.79 Å². The van der Waals surface area contributed by atoms with E-state index in [4.69, 9.17) is 13.9 Å². The summed E-state index contributed by atoms with van der Waals surface area (Å²) in [4.78, 5) is 25.7. The van der Waals surface area contributed by atoms with Crippen molar-refractivity contribution in [1.82, 2.24) is 4.90 Å². The minimum absolute atomic E-state index is 0.0627.